The summed E-state index contributed by atoms with van der Waals surface area (Å²) in [6, 6.07) is 10.4. The molecule has 2 aromatic rings. The third-order valence-corrected chi connectivity index (χ3v) is 5.03. The molecule has 1 fully saturated rings. The normalized spacial score (nSPS) is 16.5. The molecule has 0 spiro atoms. The molecule has 1 N–H and O–H groups in total. The zero-order valence-corrected chi connectivity index (χ0v) is 14.7. The highest BCUT2D eigenvalue weighted by atomic mass is 32.2. The first-order valence-corrected chi connectivity index (χ1v) is 9.10. The molecule has 1 aromatic heterocycles. The number of pyridine rings is 1. The van der Waals surface area contributed by atoms with E-state index in [0.29, 0.717) is 24.4 Å². The van der Waals surface area contributed by atoms with E-state index in [2.05, 4.69) is 10.3 Å². The standard InChI is InChI=1S/C18H19N3O3S/c1-2-24-17(22)13-5-7-15(8-6-13)20-18(23)21-10-11-25-16(21)14-4-3-9-19-12-14/h3-9,12,16H,2,10-11H2,1H3,(H,20,23). The molecule has 6 nitrogen and oxygen atoms in total. The van der Waals surface area contributed by atoms with E-state index in [9.17, 15) is 9.59 Å². The number of rotatable bonds is 4. The molecular formula is C18H19N3O3S. The largest absolute Gasteiger partial charge is 0.462 e. The minimum absolute atomic E-state index is 0.0347. The highest BCUT2D eigenvalue weighted by molar-refractivity contribution is 7.99. The zero-order valence-electron chi connectivity index (χ0n) is 13.8. The van der Waals surface area contributed by atoms with Gasteiger partial charge in [0.1, 0.15) is 5.37 Å². The maximum absolute atomic E-state index is 12.6. The van der Waals surface area contributed by atoms with Crippen molar-refractivity contribution in [1.82, 2.24) is 9.88 Å². The number of benzene rings is 1. The predicted molar refractivity (Wildman–Crippen MR) is 97.6 cm³/mol. The van der Waals surface area contributed by atoms with Crippen molar-refractivity contribution in [1.29, 1.82) is 0 Å². The van der Waals surface area contributed by atoms with Gasteiger partial charge in [0.05, 0.1) is 12.2 Å². The predicted octanol–water partition coefficient (Wildman–Crippen LogP) is 3.54. The van der Waals surface area contributed by atoms with E-state index in [-0.39, 0.29) is 17.4 Å². The molecular weight excluding hydrogens is 338 g/mol. The summed E-state index contributed by atoms with van der Waals surface area (Å²) in [4.78, 5) is 30.2. The first-order chi connectivity index (χ1) is 12.2. The van der Waals surface area contributed by atoms with E-state index in [1.807, 2.05) is 12.1 Å². The van der Waals surface area contributed by atoms with Gasteiger partial charge in [-0.05, 0) is 37.3 Å². The lowest BCUT2D eigenvalue weighted by Crippen LogP contribution is -2.34. The molecule has 1 unspecified atom stereocenters. The number of hydrogen-bond acceptors (Lipinski definition) is 5. The summed E-state index contributed by atoms with van der Waals surface area (Å²) in [6.07, 6.45) is 3.51. The van der Waals surface area contributed by atoms with Crippen LogP contribution >= 0.6 is 11.8 Å². The van der Waals surface area contributed by atoms with Crippen molar-refractivity contribution in [2.45, 2.75) is 12.3 Å². The lowest BCUT2D eigenvalue weighted by Gasteiger charge is -2.24. The van der Waals surface area contributed by atoms with Crippen molar-refractivity contribution in [2.75, 3.05) is 24.2 Å². The number of esters is 1. The van der Waals surface area contributed by atoms with Gasteiger partial charge in [-0.1, -0.05) is 6.07 Å². The molecule has 0 aliphatic carbocycles. The molecule has 7 heteroatoms. The van der Waals surface area contributed by atoms with Crippen LogP contribution in [-0.2, 0) is 4.74 Å². The summed E-state index contributed by atoms with van der Waals surface area (Å²) < 4.78 is 4.95. The molecule has 1 aliphatic heterocycles. The van der Waals surface area contributed by atoms with Gasteiger partial charge in [-0.25, -0.2) is 9.59 Å². The first kappa shape index (κ1) is 17.3. The minimum Gasteiger partial charge on any atom is -0.462 e. The van der Waals surface area contributed by atoms with Crippen LogP contribution in [0.25, 0.3) is 0 Å². The highest BCUT2D eigenvalue weighted by Crippen LogP contribution is 2.37. The Kier molecular flexibility index (Phi) is 5.55. The topological polar surface area (TPSA) is 71.5 Å². The fraction of sp³-hybridized carbons (Fsp3) is 0.278. The highest BCUT2D eigenvalue weighted by Gasteiger charge is 2.30. The summed E-state index contributed by atoms with van der Waals surface area (Å²) in [5, 5.41) is 2.85. The Morgan fingerprint density at radius 1 is 1.32 bits per heavy atom. The maximum Gasteiger partial charge on any atom is 0.338 e. The van der Waals surface area contributed by atoms with Gasteiger partial charge in [0.2, 0.25) is 0 Å². The number of nitrogens with one attached hydrogen (secondary N) is 1. The summed E-state index contributed by atoms with van der Waals surface area (Å²) in [5.74, 6) is 0.516. The van der Waals surface area contributed by atoms with Crippen molar-refractivity contribution in [3.8, 4) is 0 Å². The van der Waals surface area contributed by atoms with Crippen molar-refractivity contribution in [2.24, 2.45) is 0 Å². The number of aromatic nitrogens is 1. The van der Waals surface area contributed by atoms with Gasteiger partial charge in [-0.2, -0.15) is 0 Å². The van der Waals surface area contributed by atoms with Crippen molar-refractivity contribution in [3.63, 3.8) is 0 Å². The van der Waals surface area contributed by atoms with Crippen molar-refractivity contribution >= 4 is 29.4 Å². The molecule has 130 valence electrons. The lowest BCUT2D eigenvalue weighted by atomic mass is 10.2. The number of urea groups is 1. The molecule has 1 saturated heterocycles. The minimum atomic E-state index is -0.368. The van der Waals surface area contributed by atoms with Crippen LogP contribution in [0.3, 0.4) is 0 Å². The van der Waals surface area contributed by atoms with E-state index in [0.717, 1.165) is 11.3 Å². The molecule has 3 rings (SSSR count). The number of amides is 2. The van der Waals surface area contributed by atoms with Crippen LogP contribution in [0, 0.1) is 0 Å². The lowest BCUT2D eigenvalue weighted by molar-refractivity contribution is 0.0526. The smallest absolute Gasteiger partial charge is 0.338 e. The van der Waals surface area contributed by atoms with Gasteiger partial charge in [0.25, 0.3) is 0 Å². The Morgan fingerprint density at radius 2 is 2.12 bits per heavy atom. The monoisotopic (exact) mass is 357 g/mol. The van der Waals surface area contributed by atoms with Gasteiger partial charge in [0, 0.05) is 35.9 Å². The Hall–Kier alpha value is -2.54. The molecule has 0 radical (unpaired) electrons. The van der Waals surface area contributed by atoms with Crippen LogP contribution in [0.2, 0.25) is 0 Å². The number of thioether (sulfide) groups is 1. The van der Waals surface area contributed by atoms with E-state index in [4.69, 9.17) is 4.74 Å². The summed E-state index contributed by atoms with van der Waals surface area (Å²) >= 11 is 1.72. The SMILES string of the molecule is CCOC(=O)c1ccc(NC(=O)N2CCSC2c2cccnc2)cc1. The van der Waals surface area contributed by atoms with Crippen molar-refractivity contribution in [3.05, 3.63) is 59.9 Å². The number of carbonyl (C=O) groups is 2. The molecule has 0 saturated carbocycles. The fourth-order valence-corrected chi connectivity index (χ4v) is 3.81. The van der Waals surface area contributed by atoms with Gasteiger partial charge >= 0.3 is 12.0 Å². The van der Waals surface area contributed by atoms with Gasteiger partial charge in [-0.15, -0.1) is 11.8 Å². The van der Waals surface area contributed by atoms with Crippen LogP contribution in [0.15, 0.2) is 48.8 Å². The molecule has 2 amide bonds. The average molecular weight is 357 g/mol. The number of anilines is 1. The number of nitrogens with zero attached hydrogens (tertiary/aromatic N) is 2. The number of ether oxygens (including phenoxy) is 1. The third-order valence-electron chi connectivity index (χ3n) is 3.77. The summed E-state index contributed by atoms with van der Waals surface area (Å²) in [6.45, 7) is 2.77. The first-order valence-electron chi connectivity index (χ1n) is 8.05. The molecule has 2 heterocycles. The summed E-state index contributed by atoms with van der Waals surface area (Å²) in [7, 11) is 0. The van der Waals surface area contributed by atoms with Crippen LogP contribution < -0.4 is 5.32 Å². The average Bonchev–Trinajstić information content (AvgIpc) is 3.13. The van der Waals surface area contributed by atoms with Gasteiger partial charge < -0.3 is 15.0 Å². The summed E-state index contributed by atoms with van der Waals surface area (Å²) in [5.41, 5.74) is 2.11. The Bertz CT molecular complexity index is 737. The second-order valence-corrected chi connectivity index (χ2v) is 6.62. The molecule has 1 aromatic carbocycles. The number of carbonyl (C=O) groups excluding carboxylic acids is 2. The van der Waals surface area contributed by atoms with Crippen molar-refractivity contribution < 1.29 is 14.3 Å². The van der Waals surface area contributed by atoms with Crippen LogP contribution in [0.1, 0.15) is 28.2 Å². The Labute approximate surface area is 150 Å². The Balaban J connectivity index is 1.66. The fourth-order valence-electron chi connectivity index (χ4n) is 2.58. The zero-order chi connectivity index (χ0) is 17.6. The van der Waals surface area contributed by atoms with Crippen LogP contribution in [0.4, 0.5) is 10.5 Å². The van der Waals surface area contributed by atoms with E-state index in [1.165, 1.54) is 0 Å². The van der Waals surface area contributed by atoms with E-state index >= 15 is 0 Å². The second-order valence-electron chi connectivity index (χ2n) is 5.43. The Morgan fingerprint density at radius 3 is 2.80 bits per heavy atom. The second kappa shape index (κ2) is 8.02. The maximum atomic E-state index is 12.6. The quantitative estimate of drug-likeness (QED) is 0.848. The third kappa shape index (κ3) is 4.11. The van der Waals surface area contributed by atoms with E-state index < -0.39 is 0 Å². The molecule has 1 atom stereocenters. The molecule has 0 bridgehead atoms. The molecule has 25 heavy (non-hydrogen) atoms. The van der Waals surface area contributed by atoms with Gasteiger partial charge in [0.15, 0.2) is 0 Å². The van der Waals surface area contributed by atoms with Gasteiger partial charge in [-0.3, -0.25) is 4.98 Å². The molecule has 1 aliphatic rings. The van der Waals surface area contributed by atoms with E-state index in [1.54, 1.807) is 60.2 Å². The van der Waals surface area contributed by atoms with Crippen LogP contribution in [0.5, 0.6) is 0 Å². The van der Waals surface area contributed by atoms with Crippen LogP contribution in [-0.4, -0.2) is 40.8 Å². The number of hydrogen-bond donors (Lipinski definition) is 1.